The summed E-state index contributed by atoms with van der Waals surface area (Å²) >= 11 is 2.74. The van der Waals surface area contributed by atoms with Crippen molar-refractivity contribution in [2.75, 3.05) is 14.1 Å². The number of rotatable bonds is 7. The summed E-state index contributed by atoms with van der Waals surface area (Å²) in [5.74, 6) is -3.29. The number of epoxide rings is 1. The zero-order valence-electron chi connectivity index (χ0n) is 18.7. The molecule has 11 heteroatoms. The minimum absolute atomic E-state index is 0.161. The minimum atomic E-state index is -1.72. The predicted molar refractivity (Wildman–Crippen MR) is 118 cm³/mol. The van der Waals surface area contributed by atoms with Crippen LogP contribution in [0.15, 0.2) is 35.0 Å². The van der Waals surface area contributed by atoms with E-state index in [1.807, 2.05) is 22.9 Å². The molecule has 2 aromatic rings. The molecule has 0 radical (unpaired) electrons. The number of piperidine rings is 1. The molecule has 0 aliphatic carbocycles. The summed E-state index contributed by atoms with van der Waals surface area (Å²) in [6.45, 7) is 0. The Balaban J connectivity index is 0.000000297. The molecule has 5 rings (SSSR count). The van der Waals surface area contributed by atoms with Crippen molar-refractivity contribution in [1.82, 2.24) is 0 Å². The second-order valence-electron chi connectivity index (χ2n) is 9.24. The Hall–Kier alpha value is -2.31. The molecule has 2 bridgehead atoms. The molecule has 2 aromatic heterocycles. The zero-order valence-corrected chi connectivity index (χ0v) is 20.4. The van der Waals surface area contributed by atoms with Crippen molar-refractivity contribution in [2.24, 2.45) is 0 Å². The van der Waals surface area contributed by atoms with Crippen molar-refractivity contribution in [3.05, 3.63) is 44.8 Å². The van der Waals surface area contributed by atoms with Crippen LogP contribution in [0.1, 0.15) is 35.4 Å². The fraction of sp³-hybridized carbons (Fsp3) is 0.522. The number of carboxylic acid groups (broad SMARTS) is 2. The number of thiophene rings is 2. The van der Waals surface area contributed by atoms with Crippen molar-refractivity contribution >= 4 is 40.6 Å². The van der Waals surface area contributed by atoms with Crippen molar-refractivity contribution in [1.29, 1.82) is 0 Å². The van der Waals surface area contributed by atoms with Gasteiger partial charge in [-0.15, -0.1) is 22.7 Å². The zero-order chi connectivity index (χ0) is 24.7. The molecule has 0 spiro atoms. The van der Waals surface area contributed by atoms with Crippen LogP contribution < -0.4 is 10.2 Å². The van der Waals surface area contributed by atoms with E-state index in [4.69, 9.17) is 9.47 Å². The Labute approximate surface area is 204 Å². The topological polar surface area (TPSA) is 139 Å². The van der Waals surface area contributed by atoms with Crippen molar-refractivity contribution in [3.63, 3.8) is 0 Å². The maximum atomic E-state index is 13.1. The fourth-order valence-corrected chi connectivity index (χ4v) is 6.75. The number of morpholine rings is 1. The van der Waals surface area contributed by atoms with E-state index < -0.39 is 36.4 Å². The van der Waals surface area contributed by atoms with E-state index in [-0.39, 0.29) is 6.10 Å². The molecular formula is C23H26NO8S2-. The second-order valence-corrected chi connectivity index (χ2v) is 11.1. The van der Waals surface area contributed by atoms with Gasteiger partial charge in [-0.2, -0.15) is 0 Å². The number of quaternary nitrogens is 1. The largest absolute Gasteiger partial charge is 0.550 e. The van der Waals surface area contributed by atoms with Gasteiger partial charge in [0.15, 0.2) is 0 Å². The maximum absolute atomic E-state index is 13.1. The van der Waals surface area contributed by atoms with Crippen LogP contribution in [0.4, 0.5) is 0 Å². The van der Waals surface area contributed by atoms with Gasteiger partial charge in [-0.25, -0.2) is 4.79 Å². The number of carbonyl (C=O) groups excluding carboxylic acids is 3. The molecule has 3 fully saturated rings. The van der Waals surface area contributed by atoms with Crippen LogP contribution in [0, 0.1) is 0 Å². The summed E-state index contributed by atoms with van der Waals surface area (Å²) in [7, 11) is 4.49. The Bertz CT molecular complexity index is 967. The number of hydrogen-bond donors (Lipinski definition) is 1. The summed E-state index contributed by atoms with van der Waals surface area (Å²) in [5, 5.41) is 34.1. The monoisotopic (exact) mass is 508 g/mol. The first-order valence-electron chi connectivity index (χ1n) is 10.9. The molecule has 0 saturated carbocycles. The predicted octanol–water partition coefficient (Wildman–Crippen LogP) is -0.388. The van der Waals surface area contributed by atoms with Gasteiger partial charge in [-0.1, -0.05) is 12.1 Å². The summed E-state index contributed by atoms with van der Waals surface area (Å²) in [6, 6.07) is 8.01. The van der Waals surface area contributed by atoms with Gasteiger partial charge in [0.1, 0.15) is 30.4 Å². The highest BCUT2D eigenvalue weighted by atomic mass is 32.1. The molecule has 1 unspecified atom stereocenters. The Morgan fingerprint density at radius 3 is 1.88 bits per heavy atom. The number of fused-ring (bicyclic) bond motifs is 5. The van der Waals surface area contributed by atoms with Gasteiger partial charge in [-0.3, -0.25) is 0 Å². The van der Waals surface area contributed by atoms with Crippen molar-refractivity contribution < 1.29 is 43.7 Å². The lowest BCUT2D eigenvalue weighted by molar-refractivity contribution is -0.938. The molecule has 1 N–H and O–H groups in total. The van der Waals surface area contributed by atoms with Crippen LogP contribution in [0.25, 0.3) is 0 Å². The normalized spacial score (nSPS) is 28.3. The lowest BCUT2D eigenvalue weighted by Crippen LogP contribution is -2.60. The number of carbonyl (C=O) groups is 3. The Morgan fingerprint density at radius 1 is 1.03 bits per heavy atom. The third kappa shape index (κ3) is 4.63. The van der Waals surface area contributed by atoms with Gasteiger partial charge in [0.2, 0.25) is 5.60 Å². The van der Waals surface area contributed by atoms with Crippen molar-refractivity contribution in [2.45, 2.75) is 61.7 Å². The molecule has 184 valence electrons. The Morgan fingerprint density at radius 2 is 1.50 bits per heavy atom. The highest BCUT2D eigenvalue weighted by molar-refractivity contribution is 7.12. The van der Waals surface area contributed by atoms with E-state index in [1.165, 1.54) is 22.7 Å². The van der Waals surface area contributed by atoms with E-state index in [2.05, 4.69) is 14.1 Å². The molecule has 34 heavy (non-hydrogen) atoms. The van der Waals surface area contributed by atoms with Gasteiger partial charge in [0.05, 0.1) is 23.8 Å². The molecule has 3 aliphatic rings. The van der Waals surface area contributed by atoms with Gasteiger partial charge in [0, 0.05) is 24.8 Å². The molecule has 3 saturated heterocycles. The summed E-state index contributed by atoms with van der Waals surface area (Å²) in [4.78, 5) is 33.3. The van der Waals surface area contributed by atoms with E-state index in [9.17, 15) is 29.7 Å². The van der Waals surface area contributed by atoms with E-state index in [0.717, 1.165) is 17.3 Å². The first kappa shape index (κ1) is 24.8. The first-order chi connectivity index (χ1) is 16.0. The van der Waals surface area contributed by atoms with Gasteiger partial charge >= 0.3 is 5.97 Å². The van der Waals surface area contributed by atoms with Crippen LogP contribution in [0.2, 0.25) is 0 Å². The van der Waals surface area contributed by atoms with Crippen LogP contribution in [0.5, 0.6) is 0 Å². The number of carboxylic acids is 2. The smallest absolute Gasteiger partial charge is 0.349 e. The summed E-state index contributed by atoms with van der Waals surface area (Å²) < 4.78 is 12.6. The standard InChI is InChI=1S/C19H22NO4S2.C4H6O4/c1-20(2)12-9-11(10-13(20)17-16(12)24-17)23-18(21)19(22,14-5-3-7-25-14)15-6-4-8-26-15;5-3(6)1-2-4(7)8/h3-8,11-13,16-17,22H,9-10H2,1-2H3;1-2H2,(H,5,6)(H,7,8)/q+1;/p-2/t11?,12-,13+,16-,17+;. The van der Waals surface area contributed by atoms with E-state index in [0.29, 0.717) is 34.0 Å². The molecule has 9 nitrogen and oxygen atoms in total. The average Bonchev–Trinajstić information content (AvgIpc) is 3.11. The fourth-order valence-electron chi connectivity index (χ4n) is 5.03. The van der Waals surface area contributed by atoms with Crippen molar-refractivity contribution in [3.8, 4) is 0 Å². The number of aliphatic hydroxyl groups is 1. The molecule has 0 amide bonds. The number of nitrogens with zero attached hydrogens (tertiary/aromatic N) is 1. The third-order valence-electron chi connectivity index (χ3n) is 6.90. The summed E-state index contributed by atoms with van der Waals surface area (Å²) in [6.07, 6.45) is 1.11. The highest BCUT2D eigenvalue weighted by Gasteiger charge is 2.71. The lowest BCUT2D eigenvalue weighted by atomic mass is 9.95. The third-order valence-corrected chi connectivity index (χ3v) is 8.85. The maximum Gasteiger partial charge on any atom is 0.349 e. The lowest BCUT2D eigenvalue weighted by Gasteiger charge is -2.45. The van der Waals surface area contributed by atoms with Crippen LogP contribution in [0.3, 0.4) is 0 Å². The van der Waals surface area contributed by atoms with Gasteiger partial charge < -0.3 is 38.9 Å². The van der Waals surface area contributed by atoms with E-state index in [1.54, 1.807) is 12.1 Å². The minimum Gasteiger partial charge on any atom is -0.550 e. The van der Waals surface area contributed by atoms with Crippen LogP contribution >= 0.6 is 22.7 Å². The van der Waals surface area contributed by atoms with E-state index >= 15 is 0 Å². The van der Waals surface area contributed by atoms with Crippen LogP contribution in [-0.2, 0) is 29.5 Å². The number of esters is 1. The second kappa shape index (κ2) is 9.38. The molecule has 5 heterocycles. The highest BCUT2D eigenvalue weighted by Crippen LogP contribution is 2.52. The number of hydrogen-bond acceptors (Lipinski definition) is 10. The van der Waals surface area contributed by atoms with Gasteiger partial charge in [-0.05, 0) is 35.7 Å². The number of aliphatic carboxylic acids is 2. The number of likely N-dealkylation sites (N-methyl/N-ethyl adjacent to an activating group) is 1. The molecule has 0 aromatic carbocycles. The van der Waals surface area contributed by atoms with Gasteiger partial charge in [0.25, 0.3) is 0 Å². The van der Waals surface area contributed by atoms with Crippen LogP contribution in [-0.4, -0.2) is 72.0 Å². The SMILES string of the molecule is C[N+]1(C)[C@@H]2CC(OC(=O)C(O)(c3cccs3)c3cccs3)C[C@H]1[C@@H]1O[C@@H]12.O=C([O-])CCC(=O)[O-]. The first-order valence-corrected chi connectivity index (χ1v) is 12.7. The number of ether oxygens (including phenoxy) is 2. The summed E-state index contributed by atoms with van der Waals surface area (Å²) in [5.41, 5.74) is -1.72. The quantitative estimate of drug-likeness (QED) is 0.303. The Kier molecular flexibility index (Phi) is 6.85. The molecule has 3 aliphatic heterocycles. The molecular weight excluding hydrogens is 482 g/mol. The molecule has 5 atom stereocenters. The average molecular weight is 509 g/mol.